The van der Waals surface area contributed by atoms with E-state index >= 15 is 0 Å². The summed E-state index contributed by atoms with van der Waals surface area (Å²) < 4.78 is 26.4. The molecule has 157 valence electrons. The van der Waals surface area contributed by atoms with Gasteiger partial charge < -0.3 is 23.7 Å². The Hall–Kier alpha value is -1.19. The Bertz CT molecular complexity index is 565. The number of methoxy groups -OCH3 is 1. The van der Waals surface area contributed by atoms with Gasteiger partial charge in [-0.05, 0) is 6.42 Å². The predicted octanol–water partition coefficient (Wildman–Crippen LogP) is 1.32. The number of hydrogen-bond acceptors (Lipinski definition) is 9. The van der Waals surface area contributed by atoms with E-state index in [0.717, 1.165) is 0 Å². The number of esters is 4. The smallest absolute Gasteiger partial charge is 0.303 e. The van der Waals surface area contributed by atoms with Gasteiger partial charge in [0.05, 0.1) is 19.3 Å². The second-order valence-electron chi connectivity index (χ2n) is 6.34. The molecule has 1 aliphatic rings. The molecular weight excluding hydrogens is 449 g/mol. The van der Waals surface area contributed by atoms with Crippen LogP contribution in [-0.2, 0) is 75.6 Å². The van der Waals surface area contributed by atoms with Crippen molar-refractivity contribution in [3.8, 4) is 0 Å². The molecule has 5 atom stereocenters. The first-order valence-corrected chi connectivity index (χ1v) is 8.73. The predicted molar refractivity (Wildman–Crippen MR) is 90.9 cm³/mol. The van der Waals surface area contributed by atoms with Gasteiger partial charge in [0.2, 0.25) is 0 Å². The summed E-state index contributed by atoms with van der Waals surface area (Å²) in [6, 6.07) is 0. The van der Waals surface area contributed by atoms with Crippen LogP contribution in [0.1, 0.15) is 47.5 Å². The Labute approximate surface area is 190 Å². The summed E-state index contributed by atoms with van der Waals surface area (Å²) in [5.74, 6) is -2.83. The summed E-state index contributed by atoms with van der Waals surface area (Å²) in [6.07, 6.45) is -3.05. The molecule has 1 unspecified atom stereocenters. The van der Waals surface area contributed by atoms with Crippen LogP contribution < -0.4 is 0 Å². The van der Waals surface area contributed by atoms with Crippen molar-refractivity contribution in [3.63, 3.8) is 0 Å². The summed E-state index contributed by atoms with van der Waals surface area (Å²) in [5, 5.41) is 0. The molecule has 0 aliphatic carbocycles. The number of carbonyl (C=O) groups excluding carboxylic acids is 4. The Morgan fingerprint density at radius 3 is 2.07 bits per heavy atom. The number of ether oxygens (including phenoxy) is 5. The van der Waals surface area contributed by atoms with Crippen molar-refractivity contribution in [2.45, 2.75) is 71.9 Å². The van der Waals surface area contributed by atoms with Gasteiger partial charge in [-0.25, -0.2) is 0 Å². The van der Waals surface area contributed by atoms with Gasteiger partial charge in [0, 0.05) is 59.4 Å². The molecule has 1 radical (unpaired) electrons. The molecule has 0 aromatic heterocycles. The van der Waals surface area contributed by atoms with Crippen LogP contribution in [0.4, 0.5) is 0 Å². The van der Waals surface area contributed by atoms with Gasteiger partial charge in [-0.2, -0.15) is 6.10 Å². The molecule has 0 aromatic rings. The van der Waals surface area contributed by atoms with Crippen molar-refractivity contribution >= 4 is 23.9 Å². The molecule has 1 saturated heterocycles. The van der Waals surface area contributed by atoms with Crippen molar-refractivity contribution in [3.05, 3.63) is 6.10 Å². The fourth-order valence-corrected chi connectivity index (χ4v) is 3.02. The van der Waals surface area contributed by atoms with Gasteiger partial charge in [0.15, 0.2) is 12.1 Å². The molecule has 0 saturated carbocycles. The van der Waals surface area contributed by atoms with Crippen molar-refractivity contribution in [2.75, 3.05) is 7.11 Å². The topological polar surface area (TPSA) is 114 Å². The summed E-state index contributed by atoms with van der Waals surface area (Å²) in [4.78, 5) is 46.5. The van der Waals surface area contributed by atoms with Crippen LogP contribution in [0.15, 0.2) is 0 Å². The molecule has 1 rings (SSSR count). The first kappa shape index (κ1) is 26.8. The largest absolute Gasteiger partial charge is 0.514 e. The molecule has 1 fully saturated rings. The third-order valence-corrected chi connectivity index (χ3v) is 4.21. The van der Waals surface area contributed by atoms with Crippen molar-refractivity contribution in [2.24, 2.45) is 5.92 Å². The zero-order valence-corrected chi connectivity index (χ0v) is 19.9. The molecule has 1 heterocycles. The average Bonchev–Trinajstić information content (AvgIpc) is 2.58. The Morgan fingerprint density at radius 1 is 1.07 bits per heavy atom. The van der Waals surface area contributed by atoms with Gasteiger partial charge in [-0.1, -0.05) is 20.3 Å². The molecule has 0 bridgehead atoms. The van der Waals surface area contributed by atoms with Crippen molar-refractivity contribution in [1.82, 2.24) is 0 Å². The van der Waals surface area contributed by atoms with E-state index in [0.29, 0.717) is 6.42 Å². The standard InChI is InChI=1S/C18H27O9.Y/c1-7-13(24-10(3)19)17(26-12(5)21)16-9(2)14(25-11(4)20)8-15(27-16)18(22)23-6;/h9,13-14,16-17H,7-8H2,1-6H3;/q-1;/t9-,13-,14-,16?,17-;/m1./s1. The van der Waals surface area contributed by atoms with Crippen LogP contribution in [0.2, 0.25) is 0 Å². The molecule has 0 N–H and O–H groups in total. The van der Waals surface area contributed by atoms with Crippen LogP contribution in [0.5, 0.6) is 0 Å². The van der Waals surface area contributed by atoms with Gasteiger partial charge in [-0.15, -0.1) is 0 Å². The molecule has 0 aromatic carbocycles. The average molecular weight is 476 g/mol. The Balaban J connectivity index is 0.00000729. The molecule has 0 amide bonds. The third-order valence-electron chi connectivity index (χ3n) is 4.21. The van der Waals surface area contributed by atoms with Crippen LogP contribution in [0, 0.1) is 12.0 Å². The van der Waals surface area contributed by atoms with E-state index in [1.807, 2.05) is 0 Å². The second-order valence-corrected chi connectivity index (χ2v) is 6.34. The fourth-order valence-electron chi connectivity index (χ4n) is 3.02. The first-order valence-electron chi connectivity index (χ1n) is 8.73. The normalized spacial score (nSPS) is 23.5. The SMILES string of the molecule is CC[C@@H](OC(C)=O)[C@@H](OC(C)=O)C1O[C-](C(=O)OC)C[C@@H](OC(C)=O)[C@H]1C.[Y]. The quantitative estimate of drug-likeness (QED) is 0.305. The van der Waals surface area contributed by atoms with E-state index in [4.69, 9.17) is 23.7 Å². The van der Waals surface area contributed by atoms with Crippen LogP contribution >= 0.6 is 0 Å². The minimum absolute atomic E-state index is 0. The zero-order chi connectivity index (χ0) is 20.7. The van der Waals surface area contributed by atoms with Gasteiger partial charge in [-0.3, -0.25) is 19.2 Å². The summed E-state index contributed by atoms with van der Waals surface area (Å²) >= 11 is 0. The summed E-state index contributed by atoms with van der Waals surface area (Å²) in [5.41, 5.74) is 0. The Morgan fingerprint density at radius 2 is 1.64 bits per heavy atom. The minimum atomic E-state index is -0.996. The molecule has 10 heteroatoms. The van der Waals surface area contributed by atoms with Crippen LogP contribution in [0.25, 0.3) is 0 Å². The van der Waals surface area contributed by atoms with Gasteiger partial charge >= 0.3 is 17.9 Å². The van der Waals surface area contributed by atoms with Crippen molar-refractivity contribution in [1.29, 1.82) is 0 Å². The van der Waals surface area contributed by atoms with E-state index < -0.39 is 54.2 Å². The molecule has 1 aliphatic heterocycles. The Kier molecular flexibility index (Phi) is 11.9. The van der Waals surface area contributed by atoms with Crippen LogP contribution in [0.3, 0.4) is 0 Å². The number of rotatable bonds is 7. The van der Waals surface area contributed by atoms with Crippen molar-refractivity contribution < 1.29 is 75.6 Å². The summed E-state index contributed by atoms with van der Waals surface area (Å²) in [6.45, 7) is 7.21. The molecule has 0 spiro atoms. The molecule has 28 heavy (non-hydrogen) atoms. The van der Waals surface area contributed by atoms with Gasteiger partial charge in [0.25, 0.3) is 0 Å². The maximum Gasteiger partial charge on any atom is 0.303 e. The number of hydrogen-bond donors (Lipinski definition) is 0. The zero-order valence-electron chi connectivity index (χ0n) is 17.1. The van der Waals surface area contributed by atoms with Gasteiger partial charge in [0.1, 0.15) is 6.10 Å². The monoisotopic (exact) mass is 476 g/mol. The van der Waals surface area contributed by atoms with E-state index in [-0.39, 0.29) is 45.2 Å². The van der Waals surface area contributed by atoms with Crippen LogP contribution in [-0.4, -0.2) is 55.4 Å². The third kappa shape index (κ3) is 7.68. The van der Waals surface area contributed by atoms with E-state index in [9.17, 15) is 19.2 Å². The first-order chi connectivity index (χ1) is 12.6. The maximum absolute atomic E-state index is 12.0. The number of carbonyl (C=O) groups is 4. The van der Waals surface area contributed by atoms with E-state index in [1.54, 1.807) is 13.8 Å². The fraction of sp³-hybridized carbons (Fsp3) is 0.722. The maximum atomic E-state index is 12.0. The second kappa shape index (κ2) is 12.4. The van der Waals surface area contributed by atoms with E-state index in [1.165, 1.54) is 27.9 Å². The van der Waals surface area contributed by atoms with E-state index in [2.05, 4.69) is 0 Å². The minimum Gasteiger partial charge on any atom is -0.514 e. The molecular formula is C18H27O9Y-. The molecule has 9 nitrogen and oxygen atoms in total. The summed E-state index contributed by atoms with van der Waals surface area (Å²) in [7, 11) is 1.20.